The smallest absolute Gasteiger partial charge is 0.345 e. The number of carbonyl (C=O) groups excluding carboxylic acids is 1. The molecule has 3 aromatic rings. The number of rotatable bonds is 4. The van der Waals surface area contributed by atoms with Crippen LogP contribution in [0.3, 0.4) is 0 Å². The van der Waals surface area contributed by atoms with Gasteiger partial charge in [0.2, 0.25) is 0 Å². The Bertz CT molecular complexity index is 817. The lowest BCUT2D eigenvalue weighted by Gasteiger charge is -2.10. The lowest BCUT2D eigenvalue weighted by atomic mass is 10.2. The first-order chi connectivity index (χ1) is 10.5. The molecule has 4 nitrogen and oxygen atoms in total. The number of benzene rings is 1. The Morgan fingerprint density at radius 2 is 1.86 bits per heavy atom. The Morgan fingerprint density at radius 3 is 2.55 bits per heavy atom. The van der Waals surface area contributed by atoms with E-state index in [0.717, 1.165) is 15.0 Å². The van der Waals surface area contributed by atoms with Crippen molar-refractivity contribution in [2.45, 2.75) is 13.0 Å². The fourth-order valence-electron chi connectivity index (χ4n) is 2.13. The van der Waals surface area contributed by atoms with E-state index in [9.17, 15) is 9.59 Å². The van der Waals surface area contributed by atoms with Crippen molar-refractivity contribution in [3.8, 4) is 0 Å². The summed E-state index contributed by atoms with van der Waals surface area (Å²) in [5, 5.41) is 12.9. The maximum absolute atomic E-state index is 12.3. The van der Waals surface area contributed by atoms with Crippen LogP contribution in [0.2, 0.25) is 0 Å². The number of thiophene rings is 2. The van der Waals surface area contributed by atoms with Crippen LogP contribution < -0.4 is 5.32 Å². The topological polar surface area (TPSA) is 66.4 Å². The van der Waals surface area contributed by atoms with E-state index in [-0.39, 0.29) is 16.8 Å². The second-order valence-corrected chi connectivity index (χ2v) is 7.05. The van der Waals surface area contributed by atoms with E-state index in [1.165, 1.54) is 22.7 Å². The summed E-state index contributed by atoms with van der Waals surface area (Å²) >= 11 is 2.63. The summed E-state index contributed by atoms with van der Waals surface area (Å²) in [5.41, 5.74) is 0. The molecular formula is C16H13NO3S2. The van der Waals surface area contributed by atoms with Crippen molar-refractivity contribution >= 4 is 44.6 Å². The molecule has 0 bridgehead atoms. The van der Waals surface area contributed by atoms with Crippen LogP contribution in [-0.4, -0.2) is 17.0 Å². The fraction of sp³-hybridized carbons (Fsp3) is 0.125. The van der Waals surface area contributed by atoms with Crippen molar-refractivity contribution in [1.82, 2.24) is 5.32 Å². The highest BCUT2D eigenvalue weighted by Crippen LogP contribution is 2.27. The number of carboxylic acid groups (broad SMARTS) is 1. The fourth-order valence-corrected chi connectivity index (χ4v) is 3.95. The number of carbonyl (C=O) groups is 2. The van der Waals surface area contributed by atoms with Gasteiger partial charge in [0.25, 0.3) is 5.91 Å². The van der Waals surface area contributed by atoms with Crippen LogP contribution in [0, 0.1) is 0 Å². The molecule has 1 atom stereocenters. The Morgan fingerprint density at radius 1 is 1.09 bits per heavy atom. The van der Waals surface area contributed by atoms with Crippen LogP contribution in [0.4, 0.5) is 0 Å². The minimum absolute atomic E-state index is 0.140. The molecule has 1 aromatic carbocycles. The number of aromatic carboxylic acids is 1. The summed E-state index contributed by atoms with van der Waals surface area (Å²) in [6.07, 6.45) is 0. The Labute approximate surface area is 135 Å². The standard InChI is InChI=1S/C16H13NO3S2/c1-9(11-6-7-13(21-11)16(19)20)17-15(18)14-8-10-4-2-3-5-12(10)22-14/h2-9H,1H3,(H,17,18)(H,19,20)/t9-/m1/s1. The molecule has 22 heavy (non-hydrogen) atoms. The molecule has 2 aromatic heterocycles. The van der Waals surface area contributed by atoms with Gasteiger partial charge in [-0.15, -0.1) is 22.7 Å². The highest BCUT2D eigenvalue weighted by Gasteiger charge is 2.16. The normalized spacial score (nSPS) is 12.2. The monoisotopic (exact) mass is 331 g/mol. The van der Waals surface area contributed by atoms with Gasteiger partial charge in [0.1, 0.15) is 4.88 Å². The number of hydrogen-bond donors (Lipinski definition) is 2. The van der Waals surface area contributed by atoms with Gasteiger partial charge in [-0.05, 0) is 36.6 Å². The first kappa shape index (κ1) is 14.7. The van der Waals surface area contributed by atoms with E-state index in [2.05, 4.69) is 5.32 Å². The summed E-state index contributed by atoms with van der Waals surface area (Å²) in [6, 6.07) is 12.8. The maximum atomic E-state index is 12.3. The summed E-state index contributed by atoms with van der Waals surface area (Å²) in [6.45, 7) is 1.85. The van der Waals surface area contributed by atoms with Crippen LogP contribution in [0.15, 0.2) is 42.5 Å². The second kappa shape index (κ2) is 5.90. The van der Waals surface area contributed by atoms with Crippen molar-refractivity contribution in [1.29, 1.82) is 0 Å². The van der Waals surface area contributed by atoms with E-state index in [1.807, 2.05) is 37.3 Å². The van der Waals surface area contributed by atoms with E-state index in [0.29, 0.717) is 4.88 Å². The summed E-state index contributed by atoms with van der Waals surface area (Å²) < 4.78 is 1.07. The van der Waals surface area contributed by atoms with Gasteiger partial charge in [0.05, 0.1) is 10.9 Å². The molecule has 0 aliphatic carbocycles. The number of nitrogens with one attached hydrogen (secondary N) is 1. The average Bonchev–Trinajstić information content (AvgIpc) is 3.14. The molecule has 0 fully saturated rings. The van der Waals surface area contributed by atoms with E-state index in [1.54, 1.807) is 12.1 Å². The van der Waals surface area contributed by atoms with Gasteiger partial charge in [0, 0.05) is 9.58 Å². The van der Waals surface area contributed by atoms with E-state index < -0.39 is 5.97 Å². The van der Waals surface area contributed by atoms with Crippen LogP contribution in [0.1, 0.15) is 37.2 Å². The molecule has 0 spiro atoms. The molecule has 2 N–H and O–H groups in total. The first-order valence-corrected chi connectivity index (χ1v) is 8.30. The molecular weight excluding hydrogens is 318 g/mol. The third-order valence-corrected chi connectivity index (χ3v) is 5.63. The predicted octanol–water partition coefficient (Wildman–Crippen LogP) is 4.15. The van der Waals surface area contributed by atoms with Crippen molar-refractivity contribution in [3.63, 3.8) is 0 Å². The molecule has 0 aliphatic rings. The zero-order valence-electron chi connectivity index (χ0n) is 11.7. The summed E-state index contributed by atoms with van der Waals surface area (Å²) in [7, 11) is 0. The molecule has 0 radical (unpaired) electrons. The minimum Gasteiger partial charge on any atom is -0.477 e. The van der Waals surface area contributed by atoms with Gasteiger partial charge in [-0.25, -0.2) is 4.79 Å². The molecule has 0 saturated heterocycles. The third-order valence-electron chi connectivity index (χ3n) is 3.26. The Kier molecular flexibility index (Phi) is 3.96. The minimum atomic E-state index is -0.945. The van der Waals surface area contributed by atoms with Crippen LogP contribution >= 0.6 is 22.7 Å². The maximum Gasteiger partial charge on any atom is 0.345 e. The van der Waals surface area contributed by atoms with Crippen LogP contribution in [-0.2, 0) is 0 Å². The molecule has 6 heteroatoms. The van der Waals surface area contributed by atoms with Crippen molar-refractivity contribution in [2.75, 3.05) is 0 Å². The highest BCUT2D eigenvalue weighted by molar-refractivity contribution is 7.20. The van der Waals surface area contributed by atoms with Gasteiger partial charge in [-0.3, -0.25) is 4.79 Å². The average molecular weight is 331 g/mol. The number of carboxylic acids is 1. The molecule has 3 rings (SSSR count). The summed E-state index contributed by atoms with van der Waals surface area (Å²) in [4.78, 5) is 25.0. The molecule has 112 valence electrons. The van der Waals surface area contributed by atoms with E-state index >= 15 is 0 Å². The Hall–Kier alpha value is -2.18. The molecule has 0 saturated carbocycles. The number of fused-ring (bicyclic) bond motifs is 1. The molecule has 2 heterocycles. The first-order valence-electron chi connectivity index (χ1n) is 6.67. The zero-order chi connectivity index (χ0) is 15.7. The van der Waals surface area contributed by atoms with Crippen molar-refractivity contribution in [2.24, 2.45) is 0 Å². The van der Waals surface area contributed by atoms with Gasteiger partial charge in [0.15, 0.2) is 0 Å². The molecule has 0 aliphatic heterocycles. The van der Waals surface area contributed by atoms with Gasteiger partial charge < -0.3 is 10.4 Å². The predicted molar refractivity (Wildman–Crippen MR) is 89.0 cm³/mol. The molecule has 0 unspecified atom stereocenters. The van der Waals surface area contributed by atoms with Gasteiger partial charge in [-0.2, -0.15) is 0 Å². The van der Waals surface area contributed by atoms with Crippen LogP contribution in [0.25, 0.3) is 10.1 Å². The van der Waals surface area contributed by atoms with Gasteiger partial charge >= 0.3 is 5.97 Å². The largest absolute Gasteiger partial charge is 0.477 e. The van der Waals surface area contributed by atoms with E-state index in [4.69, 9.17) is 5.11 Å². The second-order valence-electron chi connectivity index (χ2n) is 4.85. The quantitative estimate of drug-likeness (QED) is 0.754. The zero-order valence-corrected chi connectivity index (χ0v) is 13.3. The Balaban J connectivity index is 1.76. The SMILES string of the molecule is C[C@@H](NC(=O)c1cc2ccccc2s1)c1ccc(C(=O)O)s1. The van der Waals surface area contributed by atoms with Crippen LogP contribution in [0.5, 0.6) is 0 Å². The lowest BCUT2D eigenvalue weighted by Crippen LogP contribution is -2.25. The summed E-state index contributed by atoms with van der Waals surface area (Å²) in [5.74, 6) is -1.08. The lowest BCUT2D eigenvalue weighted by molar-refractivity contribution is 0.0702. The highest BCUT2D eigenvalue weighted by atomic mass is 32.1. The van der Waals surface area contributed by atoms with Crippen molar-refractivity contribution in [3.05, 3.63) is 57.1 Å². The number of hydrogen-bond acceptors (Lipinski definition) is 4. The van der Waals surface area contributed by atoms with Gasteiger partial charge in [-0.1, -0.05) is 18.2 Å². The number of amides is 1. The third kappa shape index (κ3) is 2.88. The molecule has 1 amide bonds. The van der Waals surface area contributed by atoms with Crippen molar-refractivity contribution < 1.29 is 14.7 Å².